The summed E-state index contributed by atoms with van der Waals surface area (Å²) < 4.78 is 8.57. The summed E-state index contributed by atoms with van der Waals surface area (Å²) in [7, 11) is 0. The van der Waals surface area contributed by atoms with Gasteiger partial charge in [0.05, 0.1) is 11.0 Å². The average Bonchev–Trinajstić information content (AvgIpc) is 3.82. The standard InChI is InChI=1S/C52H34N4O/c1-4-14-34(15-5-1)30-40-31-39(52-54-50(35-16-6-2-7-17-35)53-51(55-52)36-18-8-3-9-19-36)25-27-45(40)56-46-22-12-10-20-41(46)43-32-37(24-28-47(43)56)38-26-29-49-44(33-38)42-21-11-13-23-48(42)57-49/h1-29,31-33H,30H2. The number of rotatable bonds is 7. The Labute approximate surface area is 329 Å². The molecule has 268 valence electrons. The molecule has 11 rings (SSSR count). The van der Waals surface area contributed by atoms with Gasteiger partial charge in [0, 0.05) is 43.9 Å². The van der Waals surface area contributed by atoms with E-state index in [-0.39, 0.29) is 0 Å². The Balaban J connectivity index is 1.09. The van der Waals surface area contributed by atoms with Gasteiger partial charge in [0.1, 0.15) is 11.2 Å². The van der Waals surface area contributed by atoms with Crippen molar-refractivity contribution in [3.63, 3.8) is 0 Å². The number of furan rings is 1. The van der Waals surface area contributed by atoms with E-state index in [0.717, 1.165) is 72.9 Å². The van der Waals surface area contributed by atoms with E-state index in [1.54, 1.807) is 0 Å². The predicted molar refractivity (Wildman–Crippen MR) is 232 cm³/mol. The molecule has 57 heavy (non-hydrogen) atoms. The Bertz CT molecular complexity index is 3200. The third kappa shape index (κ3) is 5.85. The first-order chi connectivity index (χ1) is 28.2. The van der Waals surface area contributed by atoms with Gasteiger partial charge in [0.15, 0.2) is 17.5 Å². The van der Waals surface area contributed by atoms with E-state index in [2.05, 4.69) is 126 Å². The Morgan fingerprint density at radius 2 is 0.895 bits per heavy atom. The number of nitrogens with zero attached hydrogens (tertiary/aromatic N) is 4. The summed E-state index contributed by atoms with van der Waals surface area (Å²) in [5.74, 6) is 1.93. The van der Waals surface area contributed by atoms with Crippen LogP contribution in [0.25, 0.3) is 94.7 Å². The molecule has 0 unspecified atom stereocenters. The van der Waals surface area contributed by atoms with Crippen molar-refractivity contribution in [2.45, 2.75) is 6.42 Å². The van der Waals surface area contributed by atoms with Gasteiger partial charge in [-0.1, -0.05) is 140 Å². The van der Waals surface area contributed by atoms with Crippen LogP contribution in [0.3, 0.4) is 0 Å². The Morgan fingerprint density at radius 1 is 0.368 bits per heavy atom. The van der Waals surface area contributed by atoms with Crippen LogP contribution in [0.15, 0.2) is 199 Å². The van der Waals surface area contributed by atoms with Crippen molar-refractivity contribution in [3.8, 4) is 51.0 Å². The second kappa shape index (κ2) is 13.6. The van der Waals surface area contributed by atoms with Gasteiger partial charge < -0.3 is 8.98 Å². The lowest BCUT2D eigenvalue weighted by atomic mass is 9.99. The van der Waals surface area contributed by atoms with E-state index >= 15 is 0 Å². The molecule has 0 radical (unpaired) electrons. The molecule has 0 N–H and O–H groups in total. The van der Waals surface area contributed by atoms with Crippen molar-refractivity contribution in [3.05, 3.63) is 205 Å². The number of fused-ring (bicyclic) bond motifs is 6. The first kappa shape index (κ1) is 32.8. The summed E-state index contributed by atoms with van der Waals surface area (Å²) in [4.78, 5) is 15.1. The molecule has 3 aromatic heterocycles. The van der Waals surface area contributed by atoms with Gasteiger partial charge in [0.2, 0.25) is 0 Å². The van der Waals surface area contributed by atoms with Gasteiger partial charge in [0.25, 0.3) is 0 Å². The zero-order valence-corrected chi connectivity index (χ0v) is 30.9. The van der Waals surface area contributed by atoms with E-state index in [1.807, 2.05) is 72.8 Å². The van der Waals surface area contributed by atoms with Crippen molar-refractivity contribution in [2.75, 3.05) is 0 Å². The fourth-order valence-electron chi connectivity index (χ4n) is 8.16. The number of hydrogen-bond acceptors (Lipinski definition) is 4. The first-order valence-electron chi connectivity index (χ1n) is 19.2. The lowest BCUT2D eigenvalue weighted by Gasteiger charge is -2.16. The third-order valence-corrected chi connectivity index (χ3v) is 10.9. The molecule has 0 spiro atoms. The maximum absolute atomic E-state index is 6.15. The topological polar surface area (TPSA) is 56.7 Å². The zero-order valence-electron chi connectivity index (χ0n) is 30.9. The Kier molecular flexibility index (Phi) is 7.81. The van der Waals surface area contributed by atoms with Gasteiger partial charge in [-0.3, -0.25) is 0 Å². The highest BCUT2D eigenvalue weighted by atomic mass is 16.3. The number of hydrogen-bond donors (Lipinski definition) is 0. The minimum atomic E-state index is 0.637. The minimum Gasteiger partial charge on any atom is -0.456 e. The van der Waals surface area contributed by atoms with Gasteiger partial charge >= 0.3 is 0 Å². The maximum atomic E-state index is 6.15. The molecule has 0 saturated carbocycles. The summed E-state index contributed by atoms with van der Waals surface area (Å²) in [6.07, 6.45) is 0.733. The number of benzene rings is 8. The van der Waals surface area contributed by atoms with Crippen LogP contribution in [0.4, 0.5) is 0 Å². The lowest BCUT2D eigenvalue weighted by molar-refractivity contribution is 0.669. The van der Waals surface area contributed by atoms with Crippen LogP contribution in [0.5, 0.6) is 0 Å². The molecule has 0 aliphatic heterocycles. The fourth-order valence-corrected chi connectivity index (χ4v) is 8.16. The van der Waals surface area contributed by atoms with Crippen LogP contribution in [-0.4, -0.2) is 19.5 Å². The van der Waals surface area contributed by atoms with E-state index < -0.39 is 0 Å². The summed E-state index contributed by atoms with van der Waals surface area (Å²) in [5.41, 5.74) is 12.8. The summed E-state index contributed by atoms with van der Waals surface area (Å²) in [6.45, 7) is 0. The zero-order chi connectivity index (χ0) is 37.7. The third-order valence-electron chi connectivity index (χ3n) is 10.9. The van der Waals surface area contributed by atoms with E-state index in [9.17, 15) is 0 Å². The van der Waals surface area contributed by atoms with Crippen LogP contribution >= 0.6 is 0 Å². The molecule has 0 atom stereocenters. The minimum absolute atomic E-state index is 0.637. The lowest BCUT2D eigenvalue weighted by Crippen LogP contribution is -2.04. The van der Waals surface area contributed by atoms with Crippen LogP contribution in [0.1, 0.15) is 11.1 Å². The molecule has 0 fully saturated rings. The molecular weight excluding hydrogens is 697 g/mol. The van der Waals surface area contributed by atoms with Gasteiger partial charge in [-0.05, 0) is 83.3 Å². The second-order valence-corrected chi connectivity index (χ2v) is 14.4. The van der Waals surface area contributed by atoms with Crippen molar-refractivity contribution in [1.29, 1.82) is 0 Å². The molecule has 3 heterocycles. The SMILES string of the molecule is c1ccc(Cc2cc(-c3nc(-c4ccccc4)nc(-c4ccccc4)n3)ccc2-n2c3ccccc3c3cc(-c4ccc5oc6ccccc6c5c4)ccc32)cc1. The Hall–Kier alpha value is -7.63. The molecule has 0 bridgehead atoms. The van der Waals surface area contributed by atoms with E-state index in [1.165, 1.54) is 21.9 Å². The summed E-state index contributed by atoms with van der Waals surface area (Å²) in [5, 5.41) is 4.66. The first-order valence-corrected chi connectivity index (χ1v) is 19.2. The maximum Gasteiger partial charge on any atom is 0.164 e. The molecule has 0 amide bonds. The highest BCUT2D eigenvalue weighted by molar-refractivity contribution is 6.11. The molecule has 11 aromatic rings. The van der Waals surface area contributed by atoms with Crippen LogP contribution in [0.2, 0.25) is 0 Å². The summed E-state index contributed by atoms with van der Waals surface area (Å²) >= 11 is 0. The van der Waals surface area contributed by atoms with E-state index in [0.29, 0.717) is 17.5 Å². The molecule has 0 aliphatic carbocycles. The Morgan fingerprint density at radius 3 is 1.61 bits per heavy atom. The highest BCUT2D eigenvalue weighted by Gasteiger charge is 2.19. The van der Waals surface area contributed by atoms with E-state index in [4.69, 9.17) is 19.4 Å². The largest absolute Gasteiger partial charge is 0.456 e. The predicted octanol–water partition coefficient (Wildman–Crippen LogP) is 13.1. The molecule has 5 nitrogen and oxygen atoms in total. The van der Waals surface area contributed by atoms with Crippen molar-refractivity contribution in [2.24, 2.45) is 0 Å². The average molecular weight is 731 g/mol. The smallest absolute Gasteiger partial charge is 0.164 e. The second-order valence-electron chi connectivity index (χ2n) is 14.4. The van der Waals surface area contributed by atoms with Crippen LogP contribution in [0, 0.1) is 0 Å². The van der Waals surface area contributed by atoms with Crippen LogP contribution in [-0.2, 0) is 6.42 Å². The van der Waals surface area contributed by atoms with Gasteiger partial charge in [-0.25, -0.2) is 15.0 Å². The monoisotopic (exact) mass is 730 g/mol. The molecule has 0 saturated heterocycles. The highest BCUT2D eigenvalue weighted by Crippen LogP contribution is 2.39. The quantitative estimate of drug-likeness (QED) is 0.164. The van der Waals surface area contributed by atoms with Crippen molar-refractivity contribution in [1.82, 2.24) is 19.5 Å². The van der Waals surface area contributed by atoms with Gasteiger partial charge in [-0.2, -0.15) is 0 Å². The van der Waals surface area contributed by atoms with Crippen molar-refractivity contribution < 1.29 is 4.42 Å². The molecular formula is C52H34N4O. The molecule has 5 heteroatoms. The normalized spacial score (nSPS) is 11.6. The number of aromatic nitrogens is 4. The fraction of sp³-hybridized carbons (Fsp3) is 0.0192. The molecule has 8 aromatic carbocycles. The summed E-state index contributed by atoms with van der Waals surface area (Å²) in [6, 6.07) is 67.9. The number of para-hydroxylation sites is 2. The molecule has 0 aliphatic rings. The van der Waals surface area contributed by atoms with Crippen LogP contribution < -0.4 is 0 Å². The van der Waals surface area contributed by atoms with Crippen molar-refractivity contribution >= 4 is 43.7 Å². The van der Waals surface area contributed by atoms with Gasteiger partial charge in [-0.15, -0.1) is 0 Å².